The van der Waals surface area contributed by atoms with Gasteiger partial charge in [0, 0.05) is 32.5 Å². The second kappa shape index (κ2) is 8.04. The monoisotopic (exact) mass is 383 g/mol. The molecular weight excluding hydrogens is 361 g/mol. The molecule has 2 aliphatic heterocycles. The van der Waals surface area contributed by atoms with Crippen molar-refractivity contribution < 1.29 is 13.9 Å². The Labute approximate surface area is 163 Å². The van der Waals surface area contributed by atoms with Gasteiger partial charge in [0.25, 0.3) is 0 Å². The Kier molecular flexibility index (Phi) is 5.31. The summed E-state index contributed by atoms with van der Waals surface area (Å²) in [7, 11) is 3.45. The predicted molar refractivity (Wildman–Crippen MR) is 102 cm³/mol. The van der Waals surface area contributed by atoms with Crippen molar-refractivity contribution in [1.29, 1.82) is 0 Å². The van der Waals surface area contributed by atoms with Crippen molar-refractivity contribution in [2.75, 3.05) is 33.9 Å². The molecule has 0 saturated carbocycles. The van der Waals surface area contributed by atoms with Gasteiger partial charge in [-0.2, -0.15) is 0 Å². The lowest BCUT2D eigenvalue weighted by molar-refractivity contribution is -0.0633. The second-order valence-corrected chi connectivity index (χ2v) is 6.68. The fraction of sp³-hybridized carbons (Fsp3) is 0.350. The summed E-state index contributed by atoms with van der Waals surface area (Å²) in [4.78, 5) is 17.4. The quantitative estimate of drug-likeness (QED) is 0.807. The normalized spacial score (nSPS) is 22.8. The molecule has 1 aromatic carbocycles. The van der Waals surface area contributed by atoms with Crippen LogP contribution in [0, 0.1) is 5.82 Å². The van der Waals surface area contributed by atoms with E-state index in [9.17, 15) is 4.39 Å². The smallest absolute Gasteiger partial charge is 0.178 e. The van der Waals surface area contributed by atoms with Gasteiger partial charge < -0.3 is 14.4 Å². The summed E-state index contributed by atoms with van der Waals surface area (Å²) in [6.07, 6.45) is 6.83. The average molecular weight is 383 g/mol. The van der Waals surface area contributed by atoms with Crippen LogP contribution in [0.15, 0.2) is 54.1 Å². The fourth-order valence-electron chi connectivity index (χ4n) is 3.41. The van der Waals surface area contributed by atoms with Crippen molar-refractivity contribution in [2.24, 2.45) is 4.99 Å². The van der Waals surface area contributed by atoms with Crippen molar-refractivity contribution in [2.45, 2.75) is 12.4 Å². The summed E-state index contributed by atoms with van der Waals surface area (Å²) >= 11 is 0. The van der Waals surface area contributed by atoms with Crippen LogP contribution in [-0.2, 0) is 4.74 Å². The molecule has 2 aromatic rings. The zero-order valence-corrected chi connectivity index (χ0v) is 15.8. The number of rotatable bonds is 4. The van der Waals surface area contributed by atoms with Crippen LogP contribution in [0.5, 0.6) is 5.75 Å². The van der Waals surface area contributed by atoms with Crippen molar-refractivity contribution in [1.82, 2.24) is 19.8 Å². The zero-order chi connectivity index (χ0) is 19.5. The Morgan fingerprint density at radius 2 is 2.18 bits per heavy atom. The van der Waals surface area contributed by atoms with Crippen molar-refractivity contribution in [3.05, 3.63) is 66.1 Å². The average Bonchev–Trinajstić information content (AvgIpc) is 2.75. The van der Waals surface area contributed by atoms with Crippen molar-refractivity contribution in [3.63, 3.8) is 0 Å². The van der Waals surface area contributed by atoms with E-state index in [1.807, 2.05) is 25.4 Å². The van der Waals surface area contributed by atoms with Gasteiger partial charge in [-0.3, -0.25) is 4.90 Å². The predicted octanol–water partition coefficient (Wildman–Crippen LogP) is 2.23. The number of halogens is 1. The van der Waals surface area contributed by atoms with E-state index >= 15 is 0 Å². The Balaban J connectivity index is 1.55. The van der Waals surface area contributed by atoms with Gasteiger partial charge in [-0.25, -0.2) is 19.4 Å². The highest BCUT2D eigenvalue weighted by Crippen LogP contribution is 2.29. The van der Waals surface area contributed by atoms with E-state index in [0.29, 0.717) is 13.2 Å². The SMILES string of the molecule is COc1cc(C2CN(C3N=C(c4ccncn4)C=CN3C)CCO2)ccc1F. The number of hydrogen-bond donors (Lipinski definition) is 0. The van der Waals surface area contributed by atoms with Crippen molar-refractivity contribution in [3.8, 4) is 5.75 Å². The first-order valence-corrected chi connectivity index (χ1v) is 9.09. The first-order chi connectivity index (χ1) is 13.7. The highest BCUT2D eigenvalue weighted by Gasteiger charge is 2.30. The molecule has 7 nitrogen and oxygen atoms in total. The van der Waals surface area contributed by atoms with E-state index < -0.39 is 0 Å². The molecule has 2 unspecified atom stereocenters. The maximum Gasteiger partial charge on any atom is 0.178 e. The Bertz CT molecular complexity index is 889. The van der Waals surface area contributed by atoms with Gasteiger partial charge in [-0.1, -0.05) is 6.07 Å². The highest BCUT2D eigenvalue weighted by molar-refractivity contribution is 6.07. The number of ether oxygens (including phenoxy) is 2. The molecule has 28 heavy (non-hydrogen) atoms. The minimum absolute atomic E-state index is 0.163. The van der Waals surface area contributed by atoms with Crippen molar-refractivity contribution >= 4 is 5.71 Å². The molecule has 2 atom stereocenters. The van der Waals surface area contributed by atoms with Gasteiger partial charge in [0.05, 0.1) is 31.2 Å². The number of morpholine rings is 1. The molecule has 0 bridgehead atoms. The molecular formula is C20H22FN5O2. The number of methoxy groups -OCH3 is 1. The van der Waals surface area contributed by atoms with Crippen LogP contribution in [-0.4, -0.2) is 65.6 Å². The van der Waals surface area contributed by atoms with Crippen LogP contribution in [0.25, 0.3) is 0 Å². The summed E-state index contributed by atoms with van der Waals surface area (Å²) in [6, 6.07) is 6.70. The second-order valence-electron chi connectivity index (χ2n) is 6.68. The third-order valence-corrected chi connectivity index (χ3v) is 4.90. The molecule has 8 heteroatoms. The van der Waals surface area contributed by atoms with Gasteiger partial charge in [0.2, 0.25) is 0 Å². The molecule has 0 spiro atoms. The standard InChI is InChI=1S/C20H22FN5O2/c1-25-8-6-17(16-5-7-22-13-23-16)24-20(25)26-9-10-28-19(12-26)14-3-4-15(21)18(11-14)27-2/h3-8,11,13,19-20H,9-10,12H2,1-2H3. The van der Waals surface area contributed by atoms with Gasteiger partial charge in [-0.15, -0.1) is 0 Å². The number of allylic oxidation sites excluding steroid dienone is 1. The Hall–Kier alpha value is -2.84. The number of aromatic nitrogens is 2. The molecule has 1 fully saturated rings. The van der Waals surface area contributed by atoms with Gasteiger partial charge in [0.1, 0.15) is 6.33 Å². The molecule has 1 saturated heterocycles. The summed E-state index contributed by atoms with van der Waals surface area (Å²) in [5.74, 6) is -0.157. The van der Waals surface area contributed by atoms with Gasteiger partial charge >= 0.3 is 0 Å². The first-order valence-electron chi connectivity index (χ1n) is 9.09. The third kappa shape index (κ3) is 3.74. The van der Waals surface area contributed by atoms with Crippen LogP contribution in [0.2, 0.25) is 0 Å². The van der Waals surface area contributed by atoms with E-state index in [0.717, 1.165) is 23.5 Å². The summed E-state index contributed by atoms with van der Waals surface area (Å²) in [6.45, 7) is 1.95. The van der Waals surface area contributed by atoms with Crippen LogP contribution < -0.4 is 4.74 Å². The number of hydrogen-bond acceptors (Lipinski definition) is 7. The van der Waals surface area contributed by atoms with E-state index in [-0.39, 0.29) is 24.0 Å². The van der Waals surface area contributed by atoms with E-state index in [2.05, 4.69) is 19.8 Å². The lowest BCUT2D eigenvalue weighted by Gasteiger charge is -2.41. The van der Waals surface area contributed by atoms with Crippen LogP contribution >= 0.6 is 0 Å². The highest BCUT2D eigenvalue weighted by atomic mass is 19.1. The van der Waals surface area contributed by atoms with Gasteiger partial charge in [0.15, 0.2) is 17.9 Å². The van der Waals surface area contributed by atoms with Crippen LogP contribution in [0.3, 0.4) is 0 Å². The van der Waals surface area contributed by atoms with E-state index in [1.165, 1.54) is 19.5 Å². The van der Waals surface area contributed by atoms with E-state index in [4.69, 9.17) is 14.5 Å². The number of nitrogens with zero attached hydrogens (tertiary/aromatic N) is 5. The Morgan fingerprint density at radius 1 is 1.29 bits per heavy atom. The maximum atomic E-state index is 13.7. The minimum Gasteiger partial charge on any atom is -0.494 e. The van der Waals surface area contributed by atoms with E-state index in [1.54, 1.807) is 18.3 Å². The first kappa shape index (κ1) is 18.5. The largest absolute Gasteiger partial charge is 0.494 e. The van der Waals surface area contributed by atoms with Crippen LogP contribution in [0.4, 0.5) is 4.39 Å². The fourth-order valence-corrected chi connectivity index (χ4v) is 3.41. The molecule has 2 aliphatic rings. The molecule has 0 radical (unpaired) electrons. The maximum absolute atomic E-state index is 13.7. The molecule has 4 rings (SSSR count). The Morgan fingerprint density at radius 3 is 2.96 bits per heavy atom. The van der Waals surface area contributed by atoms with Gasteiger partial charge in [-0.05, 0) is 29.8 Å². The topological polar surface area (TPSA) is 63.1 Å². The summed E-state index contributed by atoms with van der Waals surface area (Å²) in [5, 5.41) is 0. The third-order valence-electron chi connectivity index (χ3n) is 4.90. The number of benzene rings is 1. The molecule has 0 amide bonds. The summed E-state index contributed by atoms with van der Waals surface area (Å²) < 4.78 is 24.8. The summed E-state index contributed by atoms with van der Waals surface area (Å²) in [5.41, 5.74) is 2.49. The molecule has 3 heterocycles. The van der Waals surface area contributed by atoms with Crippen LogP contribution in [0.1, 0.15) is 17.4 Å². The molecule has 0 N–H and O–H groups in total. The molecule has 0 aliphatic carbocycles. The lowest BCUT2D eigenvalue weighted by atomic mass is 10.1. The molecule has 1 aromatic heterocycles. The lowest BCUT2D eigenvalue weighted by Crippen LogP contribution is -2.50. The zero-order valence-electron chi connectivity index (χ0n) is 15.8. The number of aliphatic imine (C=N–C) groups is 1. The minimum atomic E-state index is -0.379. The molecule has 146 valence electrons.